The van der Waals surface area contributed by atoms with E-state index in [2.05, 4.69) is 10.6 Å². The van der Waals surface area contributed by atoms with Crippen LogP contribution in [0.15, 0.2) is 27.8 Å². The molecule has 4 rings (SSSR count). The molecule has 4 unspecified atom stereocenters. The monoisotopic (exact) mass is 389 g/mol. The number of hydrogen-bond donors (Lipinski definition) is 2. The van der Waals surface area contributed by atoms with Crippen LogP contribution in [0.1, 0.15) is 50.7 Å². The Hall–Kier alpha value is -1.53. The van der Waals surface area contributed by atoms with Gasteiger partial charge >= 0.3 is 0 Å². The highest BCUT2D eigenvalue weighted by Gasteiger charge is 2.39. The quantitative estimate of drug-likeness (QED) is 0.366. The smallest absolute Gasteiger partial charge is 0.191 e. The van der Waals surface area contributed by atoms with Gasteiger partial charge in [0.25, 0.3) is 0 Å². The minimum absolute atomic E-state index is 0.307. The van der Waals surface area contributed by atoms with Crippen LogP contribution in [0.4, 0.5) is 0 Å². The van der Waals surface area contributed by atoms with Crippen molar-refractivity contribution >= 4 is 5.96 Å². The third-order valence-corrected chi connectivity index (χ3v) is 6.35. The van der Waals surface area contributed by atoms with Gasteiger partial charge in [-0.1, -0.05) is 6.42 Å². The van der Waals surface area contributed by atoms with Crippen molar-refractivity contribution in [3.8, 4) is 0 Å². The Kier molecular flexibility index (Phi) is 7.28. The molecule has 0 spiro atoms. The third kappa shape index (κ3) is 5.74. The zero-order chi connectivity index (χ0) is 19.0. The highest BCUT2D eigenvalue weighted by atomic mass is 16.5. The maximum atomic E-state index is 5.76. The van der Waals surface area contributed by atoms with Gasteiger partial charge in [-0.2, -0.15) is 0 Å². The molecule has 1 aromatic rings. The maximum Gasteiger partial charge on any atom is 0.191 e. The first kappa shape index (κ1) is 19.8. The number of nitrogens with zero attached hydrogens (tertiary/aromatic N) is 1. The van der Waals surface area contributed by atoms with Gasteiger partial charge in [-0.25, -0.2) is 0 Å². The van der Waals surface area contributed by atoms with E-state index in [1.54, 1.807) is 6.26 Å². The SMILES string of the molecule is c1coc(CCNC(=NCCCOCC2CCCO2)NC2CC3CCC2C3)c1. The molecule has 0 radical (unpaired) electrons. The standard InChI is InChI=1S/C22H35N3O3/c1-4-19(27-12-1)8-10-24-22(25-21-15-17-6-7-18(21)14-17)23-9-3-11-26-16-20-5-2-13-28-20/h1,4,12,17-18,20-21H,2-3,5-11,13-16H2,(H2,23,24,25). The Morgan fingerprint density at radius 2 is 2.25 bits per heavy atom. The van der Waals surface area contributed by atoms with Gasteiger partial charge in [0.15, 0.2) is 5.96 Å². The number of furan rings is 1. The van der Waals surface area contributed by atoms with Gasteiger partial charge < -0.3 is 24.5 Å². The van der Waals surface area contributed by atoms with Crippen molar-refractivity contribution < 1.29 is 13.9 Å². The van der Waals surface area contributed by atoms with Crippen LogP contribution >= 0.6 is 0 Å². The van der Waals surface area contributed by atoms with Crippen LogP contribution in [0.5, 0.6) is 0 Å². The van der Waals surface area contributed by atoms with Gasteiger partial charge in [0.05, 0.1) is 19.0 Å². The molecule has 3 fully saturated rings. The van der Waals surface area contributed by atoms with E-state index in [9.17, 15) is 0 Å². The van der Waals surface area contributed by atoms with Crippen LogP contribution in [-0.2, 0) is 15.9 Å². The van der Waals surface area contributed by atoms with Gasteiger partial charge in [0, 0.05) is 38.8 Å². The fourth-order valence-electron chi connectivity index (χ4n) is 4.86. The third-order valence-electron chi connectivity index (χ3n) is 6.35. The number of nitrogens with one attached hydrogen (secondary N) is 2. The molecule has 1 aliphatic heterocycles. The summed E-state index contributed by atoms with van der Waals surface area (Å²) in [5.41, 5.74) is 0. The lowest BCUT2D eigenvalue weighted by Gasteiger charge is -2.25. The van der Waals surface area contributed by atoms with E-state index < -0.39 is 0 Å². The molecule has 3 aliphatic rings. The number of aliphatic imine (C=N–C) groups is 1. The Labute approximate surface area is 168 Å². The first-order valence-corrected chi connectivity index (χ1v) is 11.1. The van der Waals surface area contributed by atoms with E-state index in [-0.39, 0.29) is 0 Å². The second-order valence-corrected chi connectivity index (χ2v) is 8.48. The summed E-state index contributed by atoms with van der Waals surface area (Å²) in [5, 5.41) is 7.21. The van der Waals surface area contributed by atoms with E-state index in [0.29, 0.717) is 12.1 Å². The summed E-state index contributed by atoms with van der Waals surface area (Å²) in [5.74, 6) is 3.72. The number of rotatable bonds is 10. The van der Waals surface area contributed by atoms with E-state index >= 15 is 0 Å². The predicted octanol–water partition coefficient (Wildman–Crippen LogP) is 3.13. The van der Waals surface area contributed by atoms with E-state index in [1.807, 2.05) is 12.1 Å². The molecule has 2 N–H and O–H groups in total. The fraction of sp³-hybridized carbons (Fsp3) is 0.773. The van der Waals surface area contributed by atoms with Crippen molar-refractivity contribution in [3.05, 3.63) is 24.2 Å². The Bertz CT molecular complexity index is 598. The molecule has 0 amide bonds. The van der Waals surface area contributed by atoms with Crippen LogP contribution in [0.2, 0.25) is 0 Å². The van der Waals surface area contributed by atoms with Gasteiger partial charge in [-0.05, 0) is 62.5 Å². The minimum Gasteiger partial charge on any atom is -0.469 e. The second-order valence-electron chi connectivity index (χ2n) is 8.48. The molecule has 6 heteroatoms. The molecular formula is C22H35N3O3. The van der Waals surface area contributed by atoms with Gasteiger partial charge in [0.1, 0.15) is 5.76 Å². The fourth-order valence-corrected chi connectivity index (χ4v) is 4.86. The van der Waals surface area contributed by atoms with Gasteiger partial charge in [0.2, 0.25) is 0 Å². The Morgan fingerprint density at radius 1 is 1.25 bits per heavy atom. The van der Waals surface area contributed by atoms with E-state index in [1.165, 1.54) is 32.1 Å². The molecular weight excluding hydrogens is 354 g/mol. The minimum atomic E-state index is 0.307. The molecule has 2 saturated carbocycles. The molecule has 0 aromatic carbocycles. The van der Waals surface area contributed by atoms with Crippen LogP contribution in [-0.4, -0.2) is 51.0 Å². The van der Waals surface area contributed by atoms with Crippen molar-refractivity contribution in [1.82, 2.24) is 10.6 Å². The summed E-state index contributed by atoms with van der Waals surface area (Å²) in [4.78, 5) is 4.81. The molecule has 2 heterocycles. The lowest BCUT2D eigenvalue weighted by Crippen LogP contribution is -2.46. The van der Waals surface area contributed by atoms with Crippen LogP contribution < -0.4 is 10.6 Å². The lowest BCUT2D eigenvalue weighted by atomic mass is 9.95. The molecule has 2 bridgehead atoms. The average molecular weight is 390 g/mol. The molecule has 2 aliphatic carbocycles. The Balaban J connectivity index is 1.19. The molecule has 1 aromatic heterocycles. The molecule has 28 heavy (non-hydrogen) atoms. The summed E-state index contributed by atoms with van der Waals surface area (Å²) in [6.45, 7) is 3.97. The van der Waals surface area contributed by atoms with Crippen molar-refractivity contribution in [2.45, 2.75) is 63.5 Å². The Morgan fingerprint density at radius 3 is 3.00 bits per heavy atom. The molecule has 6 nitrogen and oxygen atoms in total. The molecule has 156 valence electrons. The van der Waals surface area contributed by atoms with Gasteiger partial charge in [-0.15, -0.1) is 0 Å². The number of fused-ring (bicyclic) bond motifs is 2. The highest BCUT2D eigenvalue weighted by molar-refractivity contribution is 5.80. The molecule has 1 saturated heterocycles. The summed E-state index contributed by atoms with van der Waals surface area (Å²) in [6, 6.07) is 4.55. The first-order chi connectivity index (χ1) is 13.9. The first-order valence-electron chi connectivity index (χ1n) is 11.1. The maximum absolute atomic E-state index is 5.76. The summed E-state index contributed by atoms with van der Waals surface area (Å²) in [7, 11) is 0. The normalized spacial score (nSPS) is 29.5. The van der Waals surface area contributed by atoms with Crippen LogP contribution in [0.3, 0.4) is 0 Å². The number of ether oxygens (including phenoxy) is 2. The number of hydrogen-bond acceptors (Lipinski definition) is 4. The second kappa shape index (κ2) is 10.3. The summed E-state index contributed by atoms with van der Waals surface area (Å²) < 4.78 is 16.8. The predicted molar refractivity (Wildman–Crippen MR) is 109 cm³/mol. The lowest BCUT2D eigenvalue weighted by molar-refractivity contribution is 0.0171. The van der Waals surface area contributed by atoms with Crippen molar-refractivity contribution in [2.24, 2.45) is 16.8 Å². The van der Waals surface area contributed by atoms with Crippen LogP contribution in [0.25, 0.3) is 0 Å². The summed E-state index contributed by atoms with van der Waals surface area (Å²) in [6.07, 6.45) is 11.6. The topological polar surface area (TPSA) is 68.0 Å². The molecule has 4 atom stereocenters. The zero-order valence-electron chi connectivity index (χ0n) is 16.9. The highest BCUT2D eigenvalue weighted by Crippen LogP contribution is 2.44. The van der Waals surface area contributed by atoms with Crippen LogP contribution in [0, 0.1) is 11.8 Å². The number of guanidine groups is 1. The van der Waals surface area contributed by atoms with Crippen molar-refractivity contribution in [2.75, 3.05) is 32.9 Å². The van der Waals surface area contributed by atoms with Crippen molar-refractivity contribution in [3.63, 3.8) is 0 Å². The largest absolute Gasteiger partial charge is 0.469 e. The van der Waals surface area contributed by atoms with E-state index in [0.717, 1.165) is 75.7 Å². The van der Waals surface area contributed by atoms with E-state index in [4.69, 9.17) is 18.9 Å². The van der Waals surface area contributed by atoms with Gasteiger partial charge in [-0.3, -0.25) is 4.99 Å². The zero-order valence-corrected chi connectivity index (χ0v) is 16.9. The average Bonchev–Trinajstić information content (AvgIpc) is 3.50. The van der Waals surface area contributed by atoms with Crippen molar-refractivity contribution in [1.29, 1.82) is 0 Å². The summed E-state index contributed by atoms with van der Waals surface area (Å²) >= 11 is 0.